The molecule has 0 aliphatic carbocycles. The summed E-state index contributed by atoms with van der Waals surface area (Å²) in [6, 6.07) is 7.37. The Kier molecular flexibility index (Phi) is 5.36. The van der Waals surface area contributed by atoms with Crippen LogP contribution < -0.4 is 10.1 Å². The maximum absolute atomic E-state index is 12.3. The molecule has 0 aromatic heterocycles. The molecule has 6 heteroatoms. The van der Waals surface area contributed by atoms with E-state index >= 15 is 0 Å². The molecule has 1 heterocycles. The molecular formula is C18H26N2O4. The van der Waals surface area contributed by atoms with Crippen LogP contribution in [0.5, 0.6) is 5.75 Å². The van der Waals surface area contributed by atoms with E-state index in [0.717, 1.165) is 11.3 Å². The van der Waals surface area contributed by atoms with Crippen LogP contribution >= 0.6 is 0 Å². The number of carbonyl (C=O) groups is 2. The average Bonchev–Trinajstić information content (AvgIpc) is 2.85. The molecule has 6 nitrogen and oxygen atoms in total. The SMILES string of the molecule is COc1ccc([C@@H](C)N2C[C@H](NC(=O)OC(C)(C)C)CC2=O)cc1. The molecule has 1 aromatic carbocycles. The van der Waals surface area contributed by atoms with E-state index in [1.165, 1.54) is 0 Å². The van der Waals surface area contributed by atoms with E-state index in [2.05, 4.69) is 5.32 Å². The monoisotopic (exact) mass is 334 g/mol. The van der Waals surface area contributed by atoms with E-state index in [1.807, 2.05) is 52.0 Å². The highest BCUT2D eigenvalue weighted by Gasteiger charge is 2.34. The minimum Gasteiger partial charge on any atom is -0.497 e. The molecule has 2 rings (SSSR count). The molecule has 1 fully saturated rings. The third-order valence-corrected chi connectivity index (χ3v) is 3.95. The molecule has 0 radical (unpaired) electrons. The Balaban J connectivity index is 1.97. The predicted molar refractivity (Wildman–Crippen MR) is 90.9 cm³/mol. The number of likely N-dealkylation sites (tertiary alicyclic amines) is 1. The van der Waals surface area contributed by atoms with Crippen LogP contribution in [0.25, 0.3) is 0 Å². The summed E-state index contributed by atoms with van der Waals surface area (Å²) in [4.78, 5) is 25.9. The van der Waals surface area contributed by atoms with Crippen LogP contribution in [0, 0.1) is 0 Å². The molecule has 132 valence electrons. The van der Waals surface area contributed by atoms with Crippen molar-refractivity contribution < 1.29 is 19.1 Å². The molecule has 0 unspecified atom stereocenters. The molecule has 0 bridgehead atoms. The van der Waals surface area contributed by atoms with Gasteiger partial charge in [-0.2, -0.15) is 0 Å². The van der Waals surface area contributed by atoms with Crippen LogP contribution in [0.1, 0.15) is 45.7 Å². The van der Waals surface area contributed by atoms with Crippen LogP contribution in [-0.4, -0.2) is 42.2 Å². The third-order valence-electron chi connectivity index (χ3n) is 3.95. The van der Waals surface area contributed by atoms with Crippen molar-refractivity contribution in [3.8, 4) is 5.75 Å². The van der Waals surface area contributed by atoms with Crippen LogP contribution in [0.15, 0.2) is 24.3 Å². The number of hydrogen-bond donors (Lipinski definition) is 1. The van der Waals surface area contributed by atoms with Crippen molar-refractivity contribution in [2.75, 3.05) is 13.7 Å². The Bertz CT molecular complexity index is 592. The highest BCUT2D eigenvalue weighted by molar-refractivity contribution is 5.81. The quantitative estimate of drug-likeness (QED) is 0.919. The molecule has 2 atom stereocenters. The fourth-order valence-electron chi connectivity index (χ4n) is 2.74. The van der Waals surface area contributed by atoms with Gasteiger partial charge in [-0.15, -0.1) is 0 Å². The maximum atomic E-state index is 12.3. The molecule has 1 saturated heterocycles. The van der Waals surface area contributed by atoms with Gasteiger partial charge in [0.25, 0.3) is 0 Å². The number of alkyl carbamates (subject to hydrolysis) is 1. The number of nitrogens with zero attached hydrogens (tertiary/aromatic N) is 1. The zero-order valence-electron chi connectivity index (χ0n) is 15.0. The lowest BCUT2D eigenvalue weighted by Gasteiger charge is -2.26. The zero-order valence-corrected chi connectivity index (χ0v) is 15.0. The van der Waals surface area contributed by atoms with Gasteiger partial charge in [0.1, 0.15) is 11.4 Å². The van der Waals surface area contributed by atoms with Gasteiger partial charge in [0.05, 0.1) is 19.2 Å². The van der Waals surface area contributed by atoms with Crippen molar-refractivity contribution in [3.63, 3.8) is 0 Å². The second-order valence-electron chi connectivity index (χ2n) is 7.04. The number of amides is 2. The van der Waals surface area contributed by atoms with Gasteiger partial charge in [-0.05, 0) is 45.4 Å². The second-order valence-corrected chi connectivity index (χ2v) is 7.04. The van der Waals surface area contributed by atoms with Gasteiger partial charge < -0.3 is 19.7 Å². The largest absolute Gasteiger partial charge is 0.497 e. The first-order chi connectivity index (χ1) is 11.2. The topological polar surface area (TPSA) is 67.9 Å². The van der Waals surface area contributed by atoms with Crippen LogP contribution in [-0.2, 0) is 9.53 Å². The van der Waals surface area contributed by atoms with E-state index in [4.69, 9.17) is 9.47 Å². The molecule has 2 amide bonds. The fourth-order valence-corrected chi connectivity index (χ4v) is 2.74. The molecule has 0 spiro atoms. The summed E-state index contributed by atoms with van der Waals surface area (Å²) in [5, 5.41) is 2.78. The van der Waals surface area contributed by atoms with Gasteiger partial charge in [-0.1, -0.05) is 12.1 Å². The third kappa shape index (κ3) is 4.63. The van der Waals surface area contributed by atoms with E-state index in [1.54, 1.807) is 12.0 Å². The van der Waals surface area contributed by atoms with Gasteiger partial charge in [0.2, 0.25) is 5.91 Å². The van der Waals surface area contributed by atoms with Gasteiger partial charge in [0, 0.05) is 13.0 Å². The number of benzene rings is 1. The number of ether oxygens (including phenoxy) is 2. The lowest BCUT2D eigenvalue weighted by molar-refractivity contribution is -0.129. The normalized spacial score (nSPS) is 19.1. The lowest BCUT2D eigenvalue weighted by Crippen LogP contribution is -2.40. The summed E-state index contributed by atoms with van der Waals surface area (Å²) >= 11 is 0. The Labute approximate surface area is 143 Å². The standard InChI is InChI=1S/C18H26N2O4/c1-12(13-6-8-15(23-5)9-7-13)20-11-14(10-16(20)21)19-17(22)24-18(2,3)4/h6-9,12,14H,10-11H2,1-5H3,(H,19,22)/t12-,14-/m1/s1. The highest BCUT2D eigenvalue weighted by atomic mass is 16.6. The number of hydrogen-bond acceptors (Lipinski definition) is 4. The van der Waals surface area contributed by atoms with Gasteiger partial charge in [0.15, 0.2) is 0 Å². The minimum absolute atomic E-state index is 0.0272. The van der Waals surface area contributed by atoms with E-state index in [-0.39, 0.29) is 18.0 Å². The molecule has 24 heavy (non-hydrogen) atoms. The van der Waals surface area contributed by atoms with Crippen molar-refractivity contribution >= 4 is 12.0 Å². The van der Waals surface area contributed by atoms with Crippen molar-refractivity contribution in [3.05, 3.63) is 29.8 Å². The van der Waals surface area contributed by atoms with Crippen LogP contribution in [0.4, 0.5) is 4.79 Å². The summed E-state index contributed by atoms with van der Waals surface area (Å²) in [5.41, 5.74) is 0.477. The molecular weight excluding hydrogens is 308 g/mol. The van der Waals surface area contributed by atoms with E-state index in [0.29, 0.717) is 13.0 Å². The summed E-state index contributed by atoms with van der Waals surface area (Å²) < 4.78 is 10.4. The van der Waals surface area contributed by atoms with Crippen molar-refractivity contribution in [1.29, 1.82) is 0 Å². The lowest BCUT2D eigenvalue weighted by atomic mass is 10.1. The predicted octanol–water partition coefficient (Wildman–Crippen LogP) is 2.88. The van der Waals surface area contributed by atoms with Gasteiger partial charge >= 0.3 is 6.09 Å². The highest BCUT2D eigenvalue weighted by Crippen LogP contribution is 2.27. The molecule has 1 N–H and O–H groups in total. The Hall–Kier alpha value is -2.24. The Morgan fingerprint density at radius 3 is 2.46 bits per heavy atom. The summed E-state index contributed by atoms with van der Waals surface area (Å²) in [7, 11) is 1.62. The van der Waals surface area contributed by atoms with Crippen molar-refractivity contribution in [2.45, 2.75) is 51.8 Å². The smallest absolute Gasteiger partial charge is 0.407 e. The number of carbonyl (C=O) groups excluding carboxylic acids is 2. The minimum atomic E-state index is -0.553. The first-order valence-electron chi connectivity index (χ1n) is 8.12. The van der Waals surface area contributed by atoms with Crippen LogP contribution in [0.2, 0.25) is 0 Å². The molecule has 1 aliphatic rings. The van der Waals surface area contributed by atoms with Gasteiger partial charge in [-0.3, -0.25) is 4.79 Å². The van der Waals surface area contributed by atoms with Crippen molar-refractivity contribution in [2.24, 2.45) is 0 Å². The van der Waals surface area contributed by atoms with Crippen LogP contribution in [0.3, 0.4) is 0 Å². The number of nitrogens with one attached hydrogen (secondary N) is 1. The van der Waals surface area contributed by atoms with Gasteiger partial charge in [-0.25, -0.2) is 4.79 Å². The van der Waals surface area contributed by atoms with E-state index < -0.39 is 11.7 Å². The summed E-state index contributed by atoms with van der Waals surface area (Å²) in [5.74, 6) is 0.808. The molecule has 1 aromatic rings. The zero-order chi connectivity index (χ0) is 17.9. The second kappa shape index (κ2) is 7.11. The Morgan fingerprint density at radius 1 is 1.29 bits per heavy atom. The summed E-state index contributed by atoms with van der Waals surface area (Å²) in [6.07, 6.45) is -0.195. The first-order valence-corrected chi connectivity index (χ1v) is 8.12. The fraction of sp³-hybridized carbons (Fsp3) is 0.556. The number of rotatable bonds is 4. The van der Waals surface area contributed by atoms with E-state index in [9.17, 15) is 9.59 Å². The average molecular weight is 334 g/mol. The Morgan fingerprint density at radius 2 is 1.92 bits per heavy atom. The maximum Gasteiger partial charge on any atom is 0.407 e. The number of methoxy groups -OCH3 is 1. The van der Waals surface area contributed by atoms with Crippen molar-refractivity contribution in [1.82, 2.24) is 10.2 Å². The summed E-state index contributed by atoms with van der Waals surface area (Å²) in [6.45, 7) is 7.89. The first kappa shape index (κ1) is 18.1. The molecule has 0 saturated carbocycles. The molecule has 1 aliphatic heterocycles.